The summed E-state index contributed by atoms with van der Waals surface area (Å²) in [6, 6.07) is 9.23. The van der Waals surface area contributed by atoms with Crippen molar-refractivity contribution in [2.45, 2.75) is 24.7 Å². The Morgan fingerprint density at radius 1 is 1.10 bits per heavy atom. The fraction of sp³-hybridized carbons (Fsp3) is 0.300. The molecule has 0 radical (unpaired) electrons. The lowest BCUT2D eigenvalue weighted by molar-refractivity contribution is -0.136. The van der Waals surface area contributed by atoms with Crippen LogP contribution in [0.25, 0.3) is 0 Å². The number of hydrogen-bond acceptors (Lipinski definition) is 7. The molecule has 0 fully saturated rings. The number of rotatable bonds is 9. The summed E-state index contributed by atoms with van der Waals surface area (Å²) in [6.07, 6.45) is 0.156. The summed E-state index contributed by atoms with van der Waals surface area (Å²) < 4.78 is 35.1. The maximum atomic E-state index is 12.6. The number of ether oxygens (including phenoxy) is 2. The smallest absolute Gasteiger partial charge is 0.339 e. The Labute approximate surface area is 169 Å². The van der Waals surface area contributed by atoms with Crippen LogP contribution >= 0.6 is 0 Å². The highest BCUT2D eigenvalue weighted by Gasteiger charge is 2.20. The van der Waals surface area contributed by atoms with Crippen molar-refractivity contribution in [2.75, 3.05) is 25.4 Å². The van der Waals surface area contributed by atoms with Crippen LogP contribution in [-0.4, -0.2) is 45.6 Å². The van der Waals surface area contributed by atoms with Gasteiger partial charge in [-0.3, -0.25) is 4.79 Å². The Kier molecular flexibility index (Phi) is 7.22. The summed E-state index contributed by atoms with van der Waals surface area (Å²) in [6.45, 7) is 1.71. The Hall–Kier alpha value is -3.07. The molecule has 2 aromatic carbocycles. The Balaban J connectivity index is 2.30. The Bertz CT molecular complexity index is 998. The number of carboxylic acids is 1. The van der Waals surface area contributed by atoms with E-state index in [0.29, 0.717) is 22.6 Å². The first-order valence-corrected chi connectivity index (χ1v) is 10.4. The first-order valence-electron chi connectivity index (χ1n) is 8.72. The van der Waals surface area contributed by atoms with Gasteiger partial charge in [0.2, 0.25) is 0 Å². The number of hydrogen-bond donors (Lipinski definition) is 2. The van der Waals surface area contributed by atoms with Gasteiger partial charge in [-0.1, -0.05) is 6.07 Å². The number of sulfone groups is 1. The van der Waals surface area contributed by atoms with Crippen LogP contribution in [0.15, 0.2) is 41.3 Å². The minimum absolute atomic E-state index is 0.0846. The van der Waals surface area contributed by atoms with E-state index in [-0.39, 0.29) is 23.3 Å². The summed E-state index contributed by atoms with van der Waals surface area (Å²) in [5.41, 5.74) is 1.73. The van der Waals surface area contributed by atoms with Crippen molar-refractivity contribution < 1.29 is 32.6 Å². The fourth-order valence-electron chi connectivity index (χ4n) is 2.80. The van der Waals surface area contributed by atoms with E-state index in [1.54, 1.807) is 25.1 Å². The third-order valence-corrected chi connectivity index (χ3v) is 5.80. The van der Waals surface area contributed by atoms with Gasteiger partial charge in [-0.25, -0.2) is 13.2 Å². The predicted molar refractivity (Wildman–Crippen MR) is 107 cm³/mol. The molecule has 0 bridgehead atoms. The van der Waals surface area contributed by atoms with Crippen molar-refractivity contribution in [1.29, 1.82) is 0 Å². The second-order valence-electron chi connectivity index (χ2n) is 6.33. The number of carboxylic acid groups (broad SMARTS) is 1. The minimum Gasteiger partial charge on any atom is -0.497 e. The zero-order valence-corrected chi connectivity index (χ0v) is 17.2. The van der Waals surface area contributed by atoms with Gasteiger partial charge in [-0.15, -0.1) is 0 Å². The van der Waals surface area contributed by atoms with Crippen LogP contribution < -0.4 is 10.1 Å². The molecule has 0 spiro atoms. The minimum atomic E-state index is -3.68. The second-order valence-corrected chi connectivity index (χ2v) is 8.32. The van der Waals surface area contributed by atoms with Crippen LogP contribution in [0.2, 0.25) is 0 Å². The highest BCUT2D eigenvalue weighted by atomic mass is 32.2. The number of methoxy groups -OCH3 is 2. The van der Waals surface area contributed by atoms with Crippen molar-refractivity contribution in [3.8, 4) is 5.75 Å². The van der Waals surface area contributed by atoms with Gasteiger partial charge in [0.05, 0.1) is 30.4 Å². The van der Waals surface area contributed by atoms with E-state index < -0.39 is 27.7 Å². The molecule has 0 unspecified atom stereocenters. The molecule has 0 atom stereocenters. The maximum Gasteiger partial charge on any atom is 0.339 e. The summed E-state index contributed by atoms with van der Waals surface area (Å²) in [5, 5.41) is 11.7. The normalized spacial score (nSPS) is 11.0. The lowest BCUT2D eigenvalue weighted by atomic mass is 10.0. The van der Waals surface area contributed by atoms with Crippen molar-refractivity contribution in [3.63, 3.8) is 0 Å². The highest BCUT2D eigenvalue weighted by molar-refractivity contribution is 7.91. The van der Waals surface area contributed by atoms with E-state index >= 15 is 0 Å². The average Bonchev–Trinajstić information content (AvgIpc) is 2.70. The maximum absolute atomic E-state index is 12.6. The van der Waals surface area contributed by atoms with Gasteiger partial charge < -0.3 is 19.9 Å². The number of carbonyl (C=O) groups is 2. The summed E-state index contributed by atoms with van der Waals surface area (Å²) in [7, 11) is -0.967. The van der Waals surface area contributed by atoms with Crippen LogP contribution in [0, 0.1) is 6.92 Å². The second kappa shape index (κ2) is 9.42. The van der Waals surface area contributed by atoms with E-state index in [2.05, 4.69) is 5.32 Å². The van der Waals surface area contributed by atoms with Gasteiger partial charge in [0.25, 0.3) is 0 Å². The van der Waals surface area contributed by atoms with Gasteiger partial charge in [0.15, 0.2) is 9.84 Å². The number of nitrogens with one attached hydrogen (secondary N) is 1. The molecule has 9 heteroatoms. The average molecular weight is 421 g/mol. The monoisotopic (exact) mass is 421 g/mol. The van der Waals surface area contributed by atoms with Crippen molar-refractivity contribution >= 4 is 27.5 Å². The highest BCUT2D eigenvalue weighted by Crippen LogP contribution is 2.26. The summed E-state index contributed by atoms with van der Waals surface area (Å²) in [4.78, 5) is 23.1. The largest absolute Gasteiger partial charge is 0.497 e. The molecular formula is C20H23NO7S. The van der Waals surface area contributed by atoms with Crippen molar-refractivity contribution in [3.05, 3.63) is 53.1 Å². The third kappa shape index (κ3) is 5.71. The summed E-state index contributed by atoms with van der Waals surface area (Å²) >= 11 is 0. The molecule has 0 saturated carbocycles. The topological polar surface area (TPSA) is 119 Å². The van der Waals surface area contributed by atoms with Crippen LogP contribution in [-0.2, 0) is 25.8 Å². The molecule has 0 amide bonds. The number of esters is 1. The van der Waals surface area contributed by atoms with Crippen LogP contribution in [0.5, 0.6) is 5.75 Å². The standard InChI is InChI=1S/C20H23NO7S/c1-13-10-14(4-9-18(22)23)11-17(20(24)28-3)19(13)21-12-29(25,26)16-7-5-15(27-2)6-8-16/h5-8,10-11,21H,4,9,12H2,1-3H3,(H,22,23). The number of carbonyl (C=O) groups excluding carboxylic acids is 1. The molecule has 2 aromatic rings. The molecule has 0 saturated heterocycles. The first-order chi connectivity index (χ1) is 13.7. The van der Waals surface area contributed by atoms with Gasteiger partial charge in [-0.05, 0) is 54.8 Å². The van der Waals surface area contributed by atoms with Gasteiger partial charge in [-0.2, -0.15) is 0 Å². The van der Waals surface area contributed by atoms with E-state index in [4.69, 9.17) is 14.6 Å². The quantitative estimate of drug-likeness (QED) is 0.593. The SMILES string of the molecule is COC(=O)c1cc(CCC(=O)O)cc(C)c1NCS(=O)(=O)c1ccc(OC)cc1. The molecule has 156 valence electrons. The molecule has 0 heterocycles. The summed E-state index contributed by atoms with van der Waals surface area (Å²) in [5.74, 6) is -1.49. The van der Waals surface area contributed by atoms with Crippen molar-refractivity contribution in [1.82, 2.24) is 0 Å². The number of anilines is 1. The van der Waals surface area contributed by atoms with E-state index in [1.165, 1.54) is 32.4 Å². The van der Waals surface area contributed by atoms with E-state index in [9.17, 15) is 18.0 Å². The molecule has 0 aliphatic rings. The van der Waals surface area contributed by atoms with Crippen LogP contribution in [0.3, 0.4) is 0 Å². The molecule has 29 heavy (non-hydrogen) atoms. The van der Waals surface area contributed by atoms with Crippen LogP contribution in [0.4, 0.5) is 5.69 Å². The Morgan fingerprint density at radius 2 is 1.76 bits per heavy atom. The molecule has 0 aliphatic heterocycles. The number of aliphatic carboxylic acids is 1. The zero-order valence-electron chi connectivity index (χ0n) is 16.4. The predicted octanol–water partition coefficient (Wildman–Crippen LogP) is 2.65. The molecule has 8 nitrogen and oxygen atoms in total. The number of aryl methyl sites for hydroxylation is 2. The molecule has 0 aliphatic carbocycles. The molecule has 2 rings (SSSR count). The van der Waals surface area contributed by atoms with Gasteiger partial charge in [0.1, 0.15) is 11.6 Å². The van der Waals surface area contributed by atoms with Crippen molar-refractivity contribution in [2.24, 2.45) is 0 Å². The van der Waals surface area contributed by atoms with E-state index in [0.717, 1.165) is 0 Å². The first kappa shape index (κ1) is 22.2. The van der Waals surface area contributed by atoms with Crippen LogP contribution in [0.1, 0.15) is 27.9 Å². The molecular weight excluding hydrogens is 398 g/mol. The molecule has 0 aromatic heterocycles. The lowest BCUT2D eigenvalue weighted by Gasteiger charge is -2.16. The Morgan fingerprint density at radius 3 is 2.31 bits per heavy atom. The molecule has 2 N–H and O–H groups in total. The third-order valence-electron chi connectivity index (χ3n) is 4.29. The van der Waals surface area contributed by atoms with Gasteiger partial charge >= 0.3 is 11.9 Å². The number of benzene rings is 2. The van der Waals surface area contributed by atoms with E-state index in [1.807, 2.05) is 0 Å². The fourth-order valence-corrected chi connectivity index (χ4v) is 3.85. The zero-order chi connectivity index (χ0) is 21.6. The lowest BCUT2D eigenvalue weighted by Crippen LogP contribution is -2.18. The van der Waals surface area contributed by atoms with Gasteiger partial charge in [0, 0.05) is 6.42 Å².